The fourth-order valence-electron chi connectivity index (χ4n) is 3.09. The van der Waals surface area contributed by atoms with E-state index in [1.807, 2.05) is 41.3 Å². The van der Waals surface area contributed by atoms with Crippen LogP contribution in [0.5, 0.6) is 5.75 Å². The summed E-state index contributed by atoms with van der Waals surface area (Å²) in [4.78, 5) is 14.5. The van der Waals surface area contributed by atoms with Crippen molar-refractivity contribution in [2.75, 3.05) is 7.11 Å². The molecule has 0 saturated carbocycles. The Hall–Kier alpha value is -2.07. The lowest BCUT2D eigenvalue weighted by atomic mass is 9.90. The van der Waals surface area contributed by atoms with E-state index < -0.39 is 0 Å². The van der Waals surface area contributed by atoms with Gasteiger partial charge in [-0.2, -0.15) is 0 Å². The number of carbonyl (C=O) groups excluding carboxylic acids is 1. The van der Waals surface area contributed by atoms with Crippen molar-refractivity contribution in [3.63, 3.8) is 0 Å². The van der Waals surface area contributed by atoms with E-state index in [0.29, 0.717) is 6.54 Å². The van der Waals surface area contributed by atoms with Gasteiger partial charge in [0.2, 0.25) is 0 Å². The average Bonchev–Trinajstić information content (AvgIpc) is 2.83. The number of fused-ring (bicyclic) bond motifs is 1. The minimum atomic E-state index is 0.0922. The Morgan fingerprint density at radius 1 is 1.23 bits per heavy atom. The Bertz CT molecular complexity index is 797. The van der Waals surface area contributed by atoms with Crippen LogP contribution < -0.4 is 4.74 Å². The van der Waals surface area contributed by atoms with Crippen molar-refractivity contribution in [2.24, 2.45) is 0 Å². The van der Waals surface area contributed by atoms with Crippen molar-refractivity contribution in [1.29, 1.82) is 0 Å². The van der Waals surface area contributed by atoms with E-state index in [0.717, 1.165) is 39.1 Å². The van der Waals surface area contributed by atoms with Gasteiger partial charge >= 0.3 is 0 Å². The summed E-state index contributed by atoms with van der Waals surface area (Å²) in [7, 11) is 1.65. The zero-order valence-corrected chi connectivity index (χ0v) is 13.7. The summed E-state index contributed by atoms with van der Waals surface area (Å²) >= 11 is 3.60. The van der Waals surface area contributed by atoms with E-state index in [4.69, 9.17) is 4.74 Å². The number of hydrogen-bond acceptors (Lipinski definition) is 2. The van der Waals surface area contributed by atoms with Gasteiger partial charge in [0.05, 0.1) is 13.7 Å². The molecule has 0 N–H and O–H groups in total. The number of amides is 1. The number of allylic oxidation sites excluding steroid dienone is 5. The summed E-state index contributed by atoms with van der Waals surface area (Å²) < 4.78 is 6.24. The molecule has 4 rings (SSSR count). The van der Waals surface area contributed by atoms with Crippen molar-refractivity contribution in [2.45, 2.75) is 13.0 Å². The lowest BCUT2D eigenvalue weighted by Crippen LogP contribution is -2.25. The van der Waals surface area contributed by atoms with Gasteiger partial charge in [-0.25, -0.2) is 0 Å². The number of ether oxygens (including phenoxy) is 1. The molecule has 4 heteroatoms. The number of methoxy groups -OCH3 is 1. The van der Waals surface area contributed by atoms with Gasteiger partial charge in [0.1, 0.15) is 5.75 Å². The van der Waals surface area contributed by atoms with E-state index in [9.17, 15) is 4.79 Å². The van der Waals surface area contributed by atoms with Gasteiger partial charge in [0, 0.05) is 22.2 Å². The van der Waals surface area contributed by atoms with Gasteiger partial charge in [0.25, 0.3) is 5.91 Å². The fourth-order valence-corrected chi connectivity index (χ4v) is 3.58. The van der Waals surface area contributed by atoms with Crippen LogP contribution in [0.3, 0.4) is 0 Å². The molecule has 1 aliphatic heterocycles. The molecular formula is C18H14BrNO2. The van der Waals surface area contributed by atoms with Crippen molar-refractivity contribution < 1.29 is 9.53 Å². The zero-order chi connectivity index (χ0) is 15.3. The second-order valence-corrected chi connectivity index (χ2v) is 6.40. The van der Waals surface area contributed by atoms with Crippen LogP contribution in [0, 0.1) is 0 Å². The Morgan fingerprint density at radius 2 is 2.00 bits per heavy atom. The molecule has 0 spiro atoms. The average molecular weight is 356 g/mol. The maximum Gasteiger partial charge on any atom is 0.258 e. The van der Waals surface area contributed by atoms with E-state index in [1.54, 1.807) is 7.11 Å². The first-order valence-electron chi connectivity index (χ1n) is 7.14. The summed E-state index contributed by atoms with van der Waals surface area (Å²) in [6, 6.07) is 7.84. The van der Waals surface area contributed by atoms with Gasteiger partial charge in [-0.15, -0.1) is 0 Å². The molecule has 0 saturated heterocycles. The second kappa shape index (κ2) is 4.99. The van der Waals surface area contributed by atoms with Crippen LogP contribution in [-0.2, 0) is 11.3 Å². The van der Waals surface area contributed by atoms with Crippen LogP contribution in [0.25, 0.3) is 0 Å². The fraction of sp³-hybridized carbons (Fsp3) is 0.167. The molecule has 0 atom stereocenters. The maximum absolute atomic E-state index is 12.7. The Labute approximate surface area is 137 Å². The molecule has 0 fully saturated rings. The number of nitrogens with zero attached hydrogens (tertiary/aromatic N) is 1. The van der Waals surface area contributed by atoms with Crippen molar-refractivity contribution in [1.82, 2.24) is 4.90 Å². The van der Waals surface area contributed by atoms with Gasteiger partial charge in [-0.05, 0) is 41.0 Å². The molecule has 22 heavy (non-hydrogen) atoms. The maximum atomic E-state index is 12.7. The highest BCUT2D eigenvalue weighted by Gasteiger charge is 2.37. The topological polar surface area (TPSA) is 29.5 Å². The molecule has 3 nitrogen and oxygen atoms in total. The minimum absolute atomic E-state index is 0.0922. The third-order valence-corrected chi connectivity index (χ3v) is 5.03. The van der Waals surface area contributed by atoms with Crippen LogP contribution in [0.1, 0.15) is 12.0 Å². The highest BCUT2D eigenvalue weighted by atomic mass is 79.9. The van der Waals surface area contributed by atoms with Crippen LogP contribution in [0.15, 0.2) is 69.4 Å². The van der Waals surface area contributed by atoms with Gasteiger partial charge in [-0.1, -0.05) is 34.1 Å². The molecule has 0 unspecified atom stereocenters. The van der Waals surface area contributed by atoms with Crippen LogP contribution in [-0.4, -0.2) is 17.9 Å². The molecule has 1 heterocycles. The first-order valence-corrected chi connectivity index (χ1v) is 7.93. The van der Waals surface area contributed by atoms with Gasteiger partial charge < -0.3 is 9.64 Å². The van der Waals surface area contributed by atoms with Crippen molar-refractivity contribution in [3.05, 3.63) is 75.0 Å². The number of hydrogen-bond donors (Lipinski definition) is 0. The smallest absolute Gasteiger partial charge is 0.258 e. The molecule has 0 radical (unpaired) electrons. The molecule has 1 aromatic rings. The molecule has 0 aromatic heterocycles. The van der Waals surface area contributed by atoms with E-state index in [-0.39, 0.29) is 5.91 Å². The lowest BCUT2D eigenvalue weighted by molar-refractivity contribution is -0.124. The standard InChI is InChI=1S/C18H14BrNO2/c1-22-13-5-2-11(3-6-13)10-20-17-9-16(19)12-4-7-14(18(20)21)15(17)8-12/h2-7,9H,8,10H2,1H3. The van der Waals surface area contributed by atoms with E-state index in [1.165, 1.54) is 5.57 Å². The summed E-state index contributed by atoms with van der Waals surface area (Å²) in [6.07, 6.45) is 6.87. The Morgan fingerprint density at radius 3 is 2.73 bits per heavy atom. The minimum Gasteiger partial charge on any atom is -0.497 e. The highest BCUT2D eigenvalue weighted by Crippen LogP contribution is 2.44. The predicted octanol–water partition coefficient (Wildman–Crippen LogP) is 3.84. The second-order valence-electron chi connectivity index (χ2n) is 5.54. The molecule has 1 aromatic carbocycles. The summed E-state index contributed by atoms with van der Waals surface area (Å²) in [6.45, 7) is 0.575. The summed E-state index contributed by atoms with van der Waals surface area (Å²) in [5.74, 6) is 0.915. The molecule has 2 bridgehead atoms. The lowest BCUT2D eigenvalue weighted by Gasteiger charge is -2.23. The van der Waals surface area contributed by atoms with E-state index in [2.05, 4.69) is 22.0 Å². The van der Waals surface area contributed by atoms with Gasteiger partial charge in [0.15, 0.2) is 0 Å². The first kappa shape index (κ1) is 13.6. The summed E-state index contributed by atoms with van der Waals surface area (Å²) in [5, 5.41) is 0. The van der Waals surface area contributed by atoms with Crippen LogP contribution in [0.4, 0.5) is 0 Å². The summed E-state index contributed by atoms with van der Waals surface area (Å²) in [5.41, 5.74) is 5.34. The Balaban J connectivity index is 1.67. The van der Waals surface area contributed by atoms with Crippen LogP contribution >= 0.6 is 15.9 Å². The third kappa shape index (κ3) is 1.98. The largest absolute Gasteiger partial charge is 0.497 e. The SMILES string of the molecule is COc1ccc(CN2C(=O)C3=C4CC(=C(Br)C=C42)C=C3)cc1. The normalized spacial score (nSPS) is 19.1. The quantitative estimate of drug-likeness (QED) is 0.824. The predicted molar refractivity (Wildman–Crippen MR) is 88.4 cm³/mol. The molecule has 2 aliphatic carbocycles. The van der Waals surface area contributed by atoms with Crippen molar-refractivity contribution in [3.8, 4) is 5.75 Å². The van der Waals surface area contributed by atoms with Crippen molar-refractivity contribution >= 4 is 21.8 Å². The molecule has 3 aliphatic rings. The Kier molecular flexibility index (Phi) is 3.08. The molecule has 110 valence electrons. The monoisotopic (exact) mass is 355 g/mol. The molecule has 1 amide bonds. The highest BCUT2D eigenvalue weighted by molar-refractivity contribution is 9.11. The number of halogens is 1. The number of benzene rings is 1. The number of rotatable bonds is 3. The first-order chi connectivity index (χ1) is 10.7. The number of carbonyl (C=O) groups is 1. The van der Waals surface area contributed by atoms with Gasteiger partial charge in [-0.3, -0.25) is 4.79 Å². The van der Waals surface area contributed by atoms with Crippen LogP contribution in [0.2, 0.25) is 0 Å². The third-order valence-electron chi connectivity index (χ3n) is 4.29. The van der Waals surface area contributed by atoms with E-state index >= 15 is 0 Å². The zero-order valence-electron chi connectivity index (χ0n) is 12.1. The molecular weight excluding hydrogens is 342 g/mol.